The first kappa shape index (κ1) is 14.4. The van der Waals surface area contributed by atoms with Crippen molar-refractivity contribution in [3.8, 4) is 5.75 Å². The summed E-state index contributed by atoms with van der Waals surface area (Å²) in [4.78, 5) is 11.5. The third-order valence-corrected chi connectivity index (χ3v) is 2.34. The normalized spacial score (nSPS) is 12.3. The maximum Gasteiger partial charge on any atom is 0.387 e. The SMILES string of the molecule is CCC(N)CC(=O)Nc1ccc(OC(F)F)cc1. The molecule has 0 fully saturated rings. The number of halogens is 2. The number of hydrogen-bond donors (Lipinski definition) is 2. The Labute approximate surface area is 104 Å². The summed E-state index contributed by atoms with van der Waals surface area (Å²) < 4.78 is 28.0. The second kappa shape index (κ2) is 6.90. The molecule has 0 saturated carbocycles. The highest BCUT2D eigenvalue weighted by Crippen LogP contribution is 2.17. The Kier molecular flexibility index (Phi) is 5.51. The predicted octanol–water partition coefficient (Wildman–Crippen LogP) is 2.35. The Morgan fingerprint density at radius 1 is 1.39 bits per heavy atom. The third kappa shape index (κ3) is 5.09. The Balaban J connectivity index is 2.50. The predicted molar refractivity (Wildman–Crippen MR) is 64.6 cm³/mol. The Morgan fingerprint density at radius 3 is 2.50 bits per heavy atom. The lowest BCUT2D eigenvalue weighted by Gasteiger charge is -2.10. The highest BCUT2D eigenvalue weighted by molar-refractivity contribution is 5.91. The second-order valence-corrected chi connectivity index (χ2v) is 3.82. The van der Waals surface area contributed by atoms with Gasteiger partial charge in [0, 0.05) is 18.2 Å². The molecule has 6 heteroatoms. The van der Waals surface area contributed by atoms with Crippen LogP contribution in [0.3, 0.4) is 0 Å². The molecule has 0 aliphatic heterocycles. The summed E-state index contributed by atoms with van der Waals surface area (Å²) in [6.07, 6.45) is 0.945. The maximum atomic E-state index is 11.9. The van der Waals surface area contributed by atoms with Crippen molar-refractivity contribution in [2.75, 3.05) is 5.32 Å². The van der Waals surface area contributed by atoms with Crippen LogP contribution in [0, 0.1) is 0 Å². The zero-order valence-electron chi connectivity index (χ0n) is 10.0. The van der Waals surface area contributed by atoms with Crippen LogP contribution in [0.15, 0.2) is 24.3 Å². The third-order valence-electron chi connectivity index (χ3n) is 2.34. The molecule has 1 amide bonds. The molecule has 0 aromatic heterocycles. The van der Waals surface area contributed by atoms with Gasteiger partial charge in [0.1, 0.15) is 5.75 Å². The molecule has 0 saturated heterocycles. The number of rotatable bonds is 6. The number of ether oxygens (including phenoxy) is 1. The minimum absolute atomic E-state index is 0.0493. The number of hydrogen-bond acceptors (Lipinski definition) is 3. The summed E-state index contributed by atoms with van der Waals surface area (Å²) in [7, 11) is 0. The minimum Gasteiger partial charge on any atom is -0.435 e. The zero-order chi connectivity index (χ0) is 13.5. The van der Waals surface area contributed by atoms with Gasteiger partial charge < -0.3 is 15.8 Å². The van der Waals surface area contributed by atoms with E-state index in [2.05, 4.69) is 10.1 Å². The standard InChI is InChI=1S/C12H16F2N2O2/c1-2-8(15)7-11(17)16-9-3-5-10(6-4-9)18-12(13)14/h3-6,8,12H,2,7,15H2,1H3,(H,16,17). The molecular weight excluding hydrogens is 242 g/mol. The first-order valence-electron chi connectivity index (χ1n) is 5.61. The van der Waals surface area contributed by atoms with Crippen molar-refractivity contribution < 1.29 is 18.3 Å². The molecule has 18 heavy (non-hydrogen) atoms. The lowest BCUT2D eigenvalue weighted by molar-refractivity contribution is -0.116. The van der Waals surface area contributed by atoms with Crippen molar-refractivity contribution in [2.45, 2.75) is 32.4 Å². The number of nitrogens with two attached hydrogens (primary N) is 1. The van der Waals surface area contributed by atoms with E-state index < -0.39 is 6.61 Å². The van der Waals surface area contributed by atoms with Gasteiger partial charge in [0.25, 0.3) is 0 Å². The summed E-state index contributed by atoms with van der Waals surface area (Å²) in [5, 5.41) is 2.63. The van der Waals surface area contributed by atoms with Gasteiger partial charge in [-0.25, -0.2) is 0 Å². The number of carbonyl (C=O) groups excluding carboxylic acids is 1. The van der Waals surface area contributed by atoms with Gasteiger partial charge in [-0.3, -0.25) is 4.79 Å². The van der Waals surface area contributed by atoms with Crippen LogP contribution in [0.2, 0.25) is 0 Å². The molecule has 3 N–H and O–H groups in total. The highest BCUT2D eigenvalue weighted by atomic mass is 19.3. The lowest BCUT2D eigenvalue weighted by atomic mass is 10.1. The Bertz CT molecular complexity index is 382. The van der Waals surface area contributed by atoms with Gasteiger partial charge in [-0.05, 0) is 30.7 Å². The van der Waals surface area contributed by atoms with Crippen LogP contribution in [-0.4, -0.2) is 18.6 Å². The summed E-state index contributed by atoms with van der Waals surface area (Å²) in [5.74, 6) is -0.153. The number of anilines is 1. The molecule has 0 spiro atoms. The Morgan fingerprint density at radius 2 is 2.00 bits per heavy atom. The van der Waals surface area contributed by atoms with Gasteiger partial charge >= 0.3 is 6.61 Å². The number of benzene rings is 1. The number of amides is 1. The van der Waals surface area contributed by atoms with Crippen LogP contribution >= 0.6 is 0 Å². The second-order valence-electron chi connectivity index (χ2n) is 3.82. The molecule has 4 nitrogen and oxygen atoms in total. The summed E-state index contributed by atoms with van der Waals surface area (Å²) >= 11 is 0. The summed E-state index contributed by atoms with van der Waals surface area (Å²) in [6.45, 7) is -0.956. The molecule has 1 rings (SSSR count). The van der Waals surface area contributed by atoms with Gasteiger partial charge in [-0.2, -0.15) is 8.78 Å². The van der Waals surface area contributed by atoms with E-state index in [1.165, 1.54) is 24.3 Å². The molecule has 1 atom stereocenters. The van der Waals surface area contributed by atoms with Crippen molar-refractivity contribution in [3.63, 3.8) is 0 Å². The van der Waals surface area contributed by atoms with Crippen LogP contribution in [-0.2, 0) is 4.79 Å². The average Bonchev–Trinajstić information content (AvgIpc) is 2.30. The lowest BCUT2D eigenvalue weighted by Crippen LogP contribution is -2.26. The molecule has 1 unspecified atom stereocenters. The number of nitrogens with one attached hydrogen (secondary N) is 1. The summed E-state index contributed by atoms with van der Waals surface area (Å²) in [6, 6.07) is 5.54. The van der Waals surface area contributed by atoms with Gasteiger partial charge in [-0.15, -0.1) is 0 Å². The highest BCUT2D eigenvalue weighted by Gasteiger charge is 2.08. The van der Waals surface area contributed by atoms with Crippen molar-refractivity contribution >= 4 is 11.6 Å². The van der Waals surface area contributed by atoms with E-state index in [0.717, 1.165) is 0 Å². The fraction of sp³-hybridized carbons (Fsp3) is 0.417. The van der Waals surface area contributed by atoms with E-state index in [-0.39, 0.29) is 24.1 Å². The quantitative estimate of drug-likeness (QED) is 0.823. The van der Waals surface area contributed by atoms with Gasteiger partial charge in [0.05, 0.1) is 0 Å². The average molecular weight is 258 g/mol. The monoisotopic (exact) mass is 258 g/mol. The zero-order valence-corrected chi connectivity index (χ0v) is 10.0. The number of carbonyl (C=O) groups is 1. The molecule has 0 bridgehead atoms. The van der Waals surface area contributed by atoms with E-state index in [4.69, 9.17) is 5.73 Å². The van der Waals surface area contributed by atoms with Crippen molar-refractivity contribution in [3.05, 3.63) is 24.3 Å². The van der Waals surface area contributed by atoms with E-state index in [1.807, 2.05) is 6.92 Å². The largest absolute Gasteiger partial charge is 0.435 e. The first-order chi connectivity index (χ1) is 8.51. The van der Waals surface area contributed by atoms with Crippen LogP contribution in [0.4, 0.5) is 14.5 Å². The molecule has 0 heterocycles. The van der Waals surface area contributed by atoms with E-state index >= 15 is 0 Å². The fourth-order valence-electron chi connectivity index (χ4n) is 1.31. The maximum absolute atomic E-state index is 11.9. The van der Waals surface area contributed by atoms with Crippen molar-refractivity contribution in [2.24, 2.45) is 5.73 Å². The van der Waals surface area contributed by atoms with Gasteiger partial charge in [0.15, 0.2) is 0 Å². The van der Waals surface area contributed by atoms with E-state index in [9.17, 15) is 13.6 Å². The van der Waals surface area contributed by atoms with Crippen molar-refractivity contribution in [1.29, 1.82) is 0 Å². The molecule has 0 aliphatic rings. The van der Waals surface area contributed by atoms with Crippen LogP contribution in [0.1, 0.15) is 19.8 Å². The van der Waals surface area contributed by atoms with E-state index in [0.29, 0.717) is 12.1 Å². The molecule has 100 valence electrons. The first-order valence-corrected chi connectivity index (χ1v) is 5.61. The van der Waals surface area contributed by atoms with E-state index in [1.54, 1.807) is 0 Å². The topological polar surface area (TPSA) is 64.4 Å². The Hall–Kier alpha value is -1.69. The molecule has 0 radical (unpaired) electrons. The summed E-state index contributed by atoms with van der Waals surface area (Å²) in [5.41, 5.74) is 6.16. The smallest absolute Gasteiger partial charge is 0.387 e. The van der Waals surface area contributed by atoms with Gasteiger partial charge in [0.2, 0.25) is 5.91 Å². The molecule has 1 aromatic carbocycles. The molecular formula is C12H16F2N2O2. The fourth-order valence-corrected chi connectivity index (χ4v) is 1.31. The van der Waals surface area contributed by atoms with Crippen LogP contribution in [0.25, 0.3) is 0 Å². The minimum atomic E-state index is -2.85. The van der Waals surface area contributed by atoms with Crippen molar-refractivity contribution in [1.82, 2.24) is 0 Å². The molecule has 1 aromatic rings. The van der Waals surface area contributed by atoms with Gasteiger partial charge in [-0.1, -0.05) is 6.92 Å². The molecule has 0 aliphatic carbocycles. The number of alkyl halides is 2. The van der Waals surface area contributed by atoms with Crippen LogP contribution in [0.5, 0.6) is 5.75 Å². The van der Waals surface area contributed by atoms with Crippen LogP contribution < -0.4 is 15.8 Å².